The summed E-state index contributed by atoms with van der Waals surface area (Å²) in [4.78, 5) is 13.6. The van der Waals surface area contributed by atoms with Crippen molar-refractivity contribution in [1.29, 1.82) is 0 Å². The molecule has 0 atom stereocenters. The van der Waals surface area contributed by atoms with Crippen molar-refractivity contribution in [3.05, 3.63) is 47.0 Å². The first-order valence-electron chi connectivity index (χ1n) is 8.60. The highest BCUT2D eigenvalue weighted by Gasteiger charge is 2.19. The average molecular weight is 392 g/mol. The summed E-state index contributed by atoms with van der Waals surface area (Å²) in [6.07, 6.45) is 6.65. The highest BCUT2D eigenvalue weighted by atomic mass is 35.5. The summed E-state index contributed by atoms with van der Waals surface area (Å²) in [5.41, 5.74) is 1.10. The van der Waals surface area contributed by atoms with Crippen molar-refractivity contribution in [3.8, 4) is 11.5 Å². The van der Waals surface area contributed by atoms with Gasteiger partial charge in [0.2, 0.25) is 0 Å². The van der Waals surface area contributed by atoms with Gasteiger partial charge in [-0.25, -0.2) is 0 Å². The van der Waals surface area contributed by atoms with Crippen molar-refractivity contribution in [2.75, 3.05) is 18.7 Å². The Labute approximate surface area is 163 Å². The van der Waals surface area contributed by atoms with Crippen LogP contribution >= 0.6 is 23.4 Å². The van der Waals surface area contributed by atoms with Crippen molar-refractivity contribution in [2.45, 2.75) is 36.7 Å². The number of anilines is 1. The summed E-state index contributed by atoms with van der Waals surface area (Å²) in [6, 6.07) is 10.8. The molecule has 138 valence electrons. The summed E-state index contributed by atoms with van der Waals surface area (Å²) >= 11 is 7.76. The lowest BCUT2D eigenvalue weighted by atomic mass is 10.2. The lowest BCUT2D eigenvalue weighted by Crippen LogP contribution is -2.14. The topological polar surface area (TPSA) is 47.6 Å². The van der Waals surface area contributed by atoms with Crippen LogP contribution in [0.4, 0.5) is 5.69 Å². The number of rotatable bonds is 6. The van der Waals surface area contributed by atoms with E-state index in [1.54, 1.807) is 49.2 Å². The molecular weight excluding hydrogens is 370 g/mol. The van der Waals surface area contributed by atoms with Gasteiger partial charge in [-0.1, -0.05) is 11.6 Å². The molecule has 2 aromatic carbocycles. The molecule has 2 aromatic rings. The molecule has 1 fully saturated rings. The number of carbonyl (C=O) groups is 1. The predicted molar refractivity (Wildman–Crippen MR) is 107 cm³/mol. The number of hydrogen-bond donors (Lipinski definition) is 1. The number of thioether (sulfide) groups is 1. The first-order chi connectivity index (χ1) is 12.6. The number of halogens is 1. The Morgan fingerprint density at radius 2 is 1.92 bits per heavy atom. The third-order valence-electron chi connectivity index (χ3n) is 4.44. The third-order valence-corrected chi connectivity index (χ3v) is 5.49. The zero-order chi connectivity index (χ0) is 18.5. The molecule has 1 N–H and O–H groups in total. The first-order valence-corrected chi connectivity index (χ1v) is 10.2. The smallest absolute Gasteiger partial charge is 0.257 e. The number of hydrogen-bond acceptors (Lipinski definition) is 4. The van der Waals surface area contributed by atoms with Crippen LogP contribution in [0.15, 0.2) is 41.3 Å². The van der Waals surface area contributed by atoms with Gasteiger partial charge in [-0.2, -0.15) is 0 Å². The number of carbonyl (C=O) groups excluding carboxylic acids is 1. The summed E-state index contributed by atoms with van der Waals surface area (Å²) in [6.45, 7) is 0. The highest BCUT2D eigenvalue weighted by Crippen LogP contribution is 2.34. The minimum Gasteiger partial charge on any atom is -0.493 e. The van der Waals surface area contributed by atoms with Crippen LogP contribution < -0.4 is 14.8 Å². The zero-order valence-electron chi connectivity index (χ0n) is 14.9. The number of ether oxygens (including phenoxy) is 2. The second-order valence-electron chi connectivity index (χ2n) is 6.19. The Morgan fingerprint density at radius 1 is 1.15 bits per heavy atom. The summed E-state index contributed by atoms with van der Waals surface area (Å²) in [5, 5.41) is 3.33. The van der Waals surface area contributed by atoms with Crippen LogP contribution in [-0.4, -0.2) is 25.4 Å². The SMILES string of the molecule is COc1ccc(NC(=O)c2cc(SC)ccc2Cl)cc1OC1CCCC1. The van der Waals surface area contributed by atoms with E-state index in [-0.39, 0.29) is 12.0 Å². The van der Waals surface area contributed by atoms with Crippen LogP contribution in [-0.2, 0) is 0 Å². The van der Waals surface area contributed by atoms with Gasteiger partial charge in [0.1, 0.15) is 0 Å². The van der Waals surface area contributed by atoms with Crippen LogP contribution in [0.1, 0.15) is 36.0 Å². The average Bonchev–Trinajstić information content (AvgIpc) is 3.15. The Bertz CT molecular complexity index is 791. The highest BCUT2D eigenvalue weighted by molar-refractivity contribution is 7.98. The Morgan fingerprint density at radius 3 is 2.62 bits per heavy atom. The van der Waals surface area contributed by atoms with Crippen molar-refractivity contribution >= 4 is 35.0 Å². The molecule has 0 radical (unpaired) electrons. The minimum atomic E-state index is -0.247. The maximum absolute atomic E-state index is 12.6. The van der Waals surface area contributed by atoms with E-state index in [1.807, 2.05) is 12.3 Å². The van der Waals surface area contributed by atoms with Crippen LogP contribution in [0.5, 0.6) is 11.5 Å². The van der Waals surface area contributed by atoms with Crippen molar-refractivity contribution in [2.24, 2.45) is 0 Å². The van der Waals surface area contributed by atoms with E-state index in [1.165, 1.54) is 12.8 Å². The van der Waals surface area contributed by atoms with Crippen LogP contribution in [0.3, 0.4) is 0 Å². The van der Waals surface area contributed by atoms with Crippen LogP contribution in [0.2, 0.25) is 5.02 Å². The molecule has 0 bridgehead atoms. The van der Waals surface area contributed by atoms with Crippen molar-refractivity contribution in [3.63, 3.8) is 0 Å². The molecule has 1 saturated carbocycles. The standard InChI is InChI=1S/C20H22ClNO3S/c1-24-18-10-7-13(11-19(18)25-14-5-3-4-6-14)22-20(23)16-12-15(26-2)8-9-17(16)21/h7-12,14H,3-6H2,1-2H3,(H,22,23). The lowest BCUT2D eigenvalue weighted by Gasteiger charge is -2.17. The molecule has 6 heteroatoms. The first kappa shape index (κ1) is 18.9. The fourth-order valence-corrected chi connectivity index (χ4v) is 3.68. The molecule has 0 unspecified atom stereocenters. The fraction of sp³-hybridized carbons (Fsp3) is 0.350. The number of nitrogens with one attached hydrogen (secondary N) is 1. The second-order valence-corrected chi connectivity index (χ2v) is 7.48. The Hall–Kier alpha value is -1.85. The van der Waals surface area contributed by atoms with Gasteiger partial charge >= 0.3 is 0 Å². The summed E-state index contributed by atoms with van der Waals surface area (Å²) < 4.78 is 11.5. The molecule has 1 amide bonds. The molecule has 1 aliphatic carbocycles. The van der Waals surface area contributed by atoms with Crippen LogP contribution in [0.25, 0.3) is 0 Å². The van der Waals surface area contributed by atoms with E-state index < -0.39 is 0 Å². The van der Waals surface area contributed by atoms with Gasteiger partial charge in [-0.15, -0.1) is 11.8 Å². The monoisotopic (exact) mass is 391 g/mol. The van der Waals surface area contributed by atoms with E-state index in [0.717, 1.165) is 17.7 Å². The van der Waals surface area contributed by atoms with E-state index in [4.69, 9.17) is 21.1 Å². The van der Waals surface area contributed by atoms with Gasteiger partial charge in [0.15, 0.2) is 11.5 Å². The molecule has 1 aliphatic rings. The van der Waals surface area contributed by atoms with Crippen LogP contribution in [0, 0.1) is 0 Å². The number of benzene rings is 2. The maximum Gasteiger partial charge on any atom is 0.257 e. The molecule has 0 spiro atoms. The summed E-state index contributed by atoms with van der Waals surface area (Å²) in [7, 11) is 1.61. The Kier molecular flexibility index (Phi) is 6.33. The fourth-order valence-electron chi connectivity index (χ4n) is 3.04. The molecule has 0 aromatic heterocycles. The van der Waals surface area contributed by atoms with Gasteiger partial charge in [-0.3, -0.25) is 4.79 Å². The van der Waals surface area contributed by atoms with E-state index in [2.05, 4.69) is 5.32 Å². The second kappa shape index (κ2) is 8.69. The van der Waals surface area contributed by atoms with Gasteiger partial charge in [0.25, 0.3) is 5.91 Å². The normalized spacial score (nSPS) is 14.3. The van der Waals surface area contributed by atoms with Gasteiger partial charge in [0, 0.05) is 16.6 Å². The van der Waals surface area contributed by atoms with E-state index in [0.29, 0.717) is 27.8 Å². The quantitative estimate of drug-likeness (QED) is 0.647. The zero-order valence-corrected chi connectivity index (χ0v) is 16.5. The largest absolute Gasteiger partial charge is 0.493 e. The van der Waals surface area contributed by atoms with Crippen molar-refractivity contribution < 1.29 is 14.3 Å². The molecule has 4 nitrogen and oxygen atoms in total. The van der Waals surface area contributed by atoms with Crippen molar-refractivity contribution in [1.82, 2.24) is 0 Å². The Balaban J connectivity index is 1.79. The third kappa shape index (κ3) is 4.46. The molecular formula is C20H22ClNO3S. The van der Waals surface area contributed by atoms with E-state index in [9.17, 15) is 4.79 Å². The van der Waals surface area contributed by atoms with Gasteiger partial charge in [-0.05, 0) is 62.3 Å². The molecule has 26 heavy (non-hydrogen) atoms. The van der Waals surface area contributed by atoms with Gasteiger partial charge in [0.05, 0.1) is 23.8 Å². The number of methoxy groups -OCH3 is 1. The lowest BCUT2D eigenvalue weighted by molar-refractivity contribution is 0.102. The minimum absolute atomic E-state index is 0.211. The molecule has 3 rings (SSSR count). The number of amides is 1. The summed E-state index contributed by atoms with van der Waals surface area (Å²) in [5.74, 6) is 1.07. The molecule has 0 saturated heterocycles. The molecule has 0 aliphatic heterocycles. The van der Waals surface area contributed by atoms with Gasteiger partial charge < -0.3 is 14.8 Å². The molecule has 0 heterocycles. The van der Waals surface area contributed by atoms with E-state index >= 15 is 0 Å². The predicted octanol–water partition coefficient (Wildman–Crippen LogP) is 5.64. The maximum atomic E-state index is 12.6.